The second-order valence-electron chi connectivity index (χ2n) is 7.89. The number of aromatic nitrogens is 2. The smallest absolute Gasteiger partial charge is 0.405 e. The molecule has 1 aromatic carbocycles. The van der Waals surface area contributed by atoms with Gasteiger partial charge in [-0.1, -0.05) is 18.2 Å². The standard InChI is InChI=1S/C21H23F3N4O3/c22-21(23,24)31-17-4-2-1-3-15(17)11-25-19-26-12-16(13-27-19)18(29)28-8-5-20(14-28)6-9-30-10-7-20/h1-4,12-13H,5-11,14H2,(H,25,26,27). The zero-order valence-corrected chi connectivity index (χ0v) is 16.8. The Morgan fingerprint density at radius 1 is 1.16 bits per heavy atom. The lowest BCUT2D eigenvalue weighted by atomic mass is 9.80. The average molecular weight is 436 g/mol. The number of benzene rings is 1. The van der Waals surface area contributed by atoms with E-state index in [1.165, 1.54) is 30.6 Å². The van der Waals surface area contributed by atoms with E-state index in [2.05, 4.69) is 20.0 Å². The van der Waals surface area contributed by atoms with Crippen LogP contribution in [0, 0.1) is 5.41 Å². The van der Waals surface area contributed by atoms with Crippen molar-refractivity contribution in [2.75, 3.05) is 31.6 Å². The lowest BCUT2D eigenvalue weighted by Gasteiger charge is -2.33. The number of para-hydroxylation sites is 1. The van der Waals surface area contributed by atoms with Crippen LogP contribution in [0.5, 0.6) is 5.75 Å². The van der Waals surface area contributed by atoms with E-state index in [1.54, 1.807) is 6.07 Å². The minimum absolute atomic E-state index is 0.0380. The van der Waals surface area contributed by atoms with Gasteiger partial charge >= 0.3 is 6.36 Å². The van der Waals surface area contributed by atoms with E-state index in [4.69, 9.17) is 4.74 Å². The highest BCUT2D eigenvalue weighted by Gasteiger charge is 2.41. The number of hydrogen-bond donors (Lipinski definition) is 1. The van der Waals surface area contributed by atoms with Crippen LogP contribution >= 0.6 is 0 Å². The molecule has 4 rings (SSSR count). The van der Waals surface area contributed by atoms with Gasteiger partial charge in [-0.3, -0.25) is 4.79 Å². The zero-order valence-electron chi connectivity index (χ0n) is 16.8. The molecule has 2 aliphatic heterocycles. The summed E-state index contributed by atoms with van der Waals surface area (Å²) in [5.41, 5.74) is 0.847. The fourth-order valence-corrected chi connectivity index (χ4v) is 4.08. The number of carbonyl (C=O) groups excluding carboxylic acids is 1. The first-order valence-corrected chi connectivity index (χ1v) is 10.1. The summed E-state index contributed by atoms with van der Waals surface area (Å²) >= 11 is 0. The highest BCUT2D eigenvalue weighted by atomic mass is 19.4. The quantitative estimate of drug-likeness (QED) is 0.772. The number of halogens is 3. The van der Waals surface area contributed by atoms with Gasteiger partial charge in [-0.25, -0.2) is 9.97 Å². The second-order valence-corrected chi connectivity index (χ2v) is 7.89. The summed E-state index contributed by atoms with van der Waals surface area (Å²) in [5, 5.41) is 2.86. The summed E-state index contributed by atoms with van der Waals surface area (Å²) in [6.45, 7) is 2.93. The molecule has 2 aromatic rings. The summed E-state index contributed by atoms with van der Waals surface area (Å²) in [5.74, 6) is -0.190. The van der Waals surface area contributed by atoms with Gasteiger partial charge in [0.05, 0.1) is 5.56 Å². The molecule has 1 N–H and O–H groups in total. The molecule has 2 fully saturated rings. The molecule has 166 valence electrons. The van der Waals surface area contributed by atoms with Gasteiger partial charge in [0.15, 0.2) is 0 Å². The summed E-state index contributed by atoms with van der Waals surface area (Å²) in [7, 11) is 0. The molecule has 10 heteroatoms. The van der Waals surface area contributed by atoms with E-state index >= 15 is 0 Å². The Balaban J connectivity index is 1.35. The summed E-state index contributed by atoms with van der Waals surface area (Å²) in [6.07, 6.45) is 1.01. The molecule has 0 aliphatic carbocycles. The zero-order chi connectivity index (χ0) is 21.9. The van der Waals surface area contributed by atoms with E-state index in [9.17, 15) is 18.0 Å². The van der Waals surface area contributed by atoms with Crippen LogP contribution in [0.3, 0.4) is 0 Å². The Kier molecular flexibility index (Phi) is 5.99. The Morgan fingerprint density at radius 3 is 2.58 bits per heavy atom. The van der Waals surface area contributed by atoms with Crippen molar-refractivity contribution in [3.63, 3.8) is 0 Å². The number of nitrogens with zero attached hydrogens (tertiary/aromatic N) is 3. The van der Waals surface area contributed by atoms with Crippen molar-refractivity contribution in [2.24, 2.45) is 5.41 Å². The van der Waals surface area contributed by atoms with Crippen molar-refractivity contribution in [3.8, 4) is 5.75 Å². The van der Waals surface area contributed by atoms with Crippen LogP contribution in [0.2, 0.25) is 0 Å². The molecule has 3 heterocycles. The lowest BCUT2D eigenvalue weighted by molar-refractivity contribution is -0.274. The molecular weight excluding hydrogens is 413 g/mol. The minimum atomic E-state index is -4.77. The molecule has 2 saturated heterocycles. The average Bonchev–Trinajstić information content (AvgIpc) is 3.15. The van der Waals surface area contributed by atoms with Gasteiger partial charge in [0, 0.05) is 50.8 Å². The number of carbonyl (C=O) groups is 1. The molecule has 0 unspecified atom stereocenters. The van der Waals surface area contributed by atoms with E-state index in [1.807, 2.05) is 4.90 Å². The van der Waals surface area contributed by atoms with Crippen LogP contribution < -0.4 is 10.1 Å². The Morgan fingerprint density at radius 2 is 1.87 bits per heavy atom. The molecule has 31 heavy (non-hydrogen) atoms. The van der Waals surface area contributed by atoms with Gasteiger partial charge in [-0.15, -0.1) is 13.2 Å². The molecule has 0 saturated carbocycles. The maximum Gasteiger partial charge on any atom is 0.573 e. The van der Waals surface area contributed by atoms with E-state index in [0.717, 1.165) is 32.5 Å². The topological polar surface area (TPSA) is 76.6 Å². The van der Waals surface area contributed by atoms with Crippen molar-refractivity contribution >= 4 is 11.9 Å². The van der Waals surface area contributed by atoms with Crippen molar-refractivity contribution in [2.45, 2.75) is 32.2 Å². The number of amides is 1. The van der Waals surface area contributed by atoms with Crippen LogP contribution in [0.1, 0.15) is 35.2 Å². The van der Waals surface area contributed by atoms with Crippen LogP contribution in [0.4, 0.5) is 19.1 Å². The van der Waals surface area contributed by atoms with Crippen molar-refractivity contribution < 1.29 is 27.4 Å². The van der Waals surface area contributed by atoms with E-state index in [-0.39, 0.29) is 29.6 Å². The fourth-order valence-electron chi connectivity index (χ4n) is 4.08. The molecule has 2 aliphatic rings. The van der Waals surface area contributed by atoms with Gasteiger partial charge in [0.25, 0.3) is 5.91 Å². The first-order chi connectivity index (χ1) is 14.8. The third-order valence-electron chi connectivity index (χ3n) is 5.81. The molecule has 7 nitrogen and oxygen atoms in total. The van der Waals surface area contributed by atoms with Crippen LogP contribution in [-0.2, 0) is 11.3 Å². The highest BCUT2D eigenvalue weighted by molar-refractivity contribution is 5.94. The molecule has 0 bridgehead atoms. The lowest BCUT2D eigenvalue weighted by Crippen LogP contribution is -2.35. The normalized spacial score (nSPS) is 18.2. The molecule has 0 atom stereocenters. The van der Waals surface area contributed by atoms with Gasteiger partial charge in [0.2, 0.25) is 5.95 Å². The Hall–Kier alpha value is -2.88. The molecule has 1 spiro atoms. The van der Waals surface area contributed by atoms with Crippen LogP contribution in [0.15, 0.2) is 36.7 Å². The number of rotatable bonds is 5. The number of likely N-dealkylation sites (tertiary alicyclic amines) is 1. The van der Waals surface area contributed by atoms with Crippen molar-refractivity contribution in [1.29, 1.82) is 0 Å². The van der Waals surface area contributed by atoms with Gasteiger partial charge in [-0.2, -0.15) is 0 Å². The van der Waals surface area contributed by atoms with Gasteiger partial charge in [-0.05, 0) is 30.7 Å². The monoisotopic (exact) mass is 436 g/mol. The number of anilines is 1. The second kappa shape index (κ2) is 8.70. The number of ether oxygens (including phenoxy) is 2. The predicted molar refractivity (Wildman–Crippen MR) is 105 cm³/mol. The maximum absolute atomic E-state index is 12.8. The molecular formula is C21H23F3N4O3. The third-order valence-corrected chi connectivity index (χ3v) is 5.81. The first-order valence-electron chi connectivity index (χ1n) is 10.1. The molecule has 0 radical (unpaired) electrons. The number of hydrogen-bond acceptors (Lipinski definition) is 6. The fraction of sp³-hybridized carbons (Fsp3) is 0.476. The minimum Gasteiger partial charge on any atom is -0.405 e. The van der Waals surface area contributed by atoms with Crippen LogP contribution in [-0.4, -0.2) is 53.4 Å². The summed E-state index contributed by atoms with van der Waals surface area (Å²) in [6, 6.07) is 5.84. The largest absolute Gasteiger partial charge is 0.573 e. The van der Waals surface area contributed by atoms with E-state index in [0.29, 0.717) is 24.2 Å². The third kappa shape index (κ3) is 5.25. The van der Waals surface area contributed by atoms with Crippen molar-refractivity contribution in [3.05, 3.63) is 47.8 Å². The first kappa shape index (κ1) is 21.4. The summed E-state index contributed by atoms with van der Waals surface area (Å²) in [4.78, 5) is 22.9. The predicted octanol–water partition coefficient (Wildman–Crippen LogP) is 3.63. The molecule has 1 amide bonds. The van der Waals surface area contributed by atoms with Gasteiger partial charge in [0.1, 0.15) is 5.75 Å². The SMILES string of the molecule is O=C(c1cnc(NCc2ccccc2OC(F)(F)F)nc1)N1CCC2(CCOCC2)C1. The summed E-state index contributed by atoms with van der Waals surface area (Å²) < 4.78 is 47.1. The Labute approximate surface area is 177 Å². The number of alkyl halides is 3. The van der Waals surface area contributed by atoms with Crippen molar-refractivity contribution in [1.82, 2.24) is 14.9 Å². The highest BCUT2D eigenvalue weighted by Crippen LogP contribution is 2.40. The van der Waals surface area contributed by atoms with Gasteiger partial charge < -0.3 is 19.7 Å². The Bertz CT molecular complexity index is 915. The number of nitrogens with one attached hydrogen (secondary N) is 1. The van der Waals surface area contributed by atoms with Crippen LogP contribution in [0.25, 0.3) is 0 Å². The molecule has 1 aromatic heterocycles. The van der Waals surface area contributed by atoms with E-state index < -0.39 is 6.36 Å². The maximum atomic E-state index is 12.8.